The van der Waals surface area contributed by atoms with Gasteiger partial charge in [-0.1, -0.05) is 37.8 Å². The van der Waals surface area contributed by atoms with Gasteiger partial charge in [0.2, 0.25) is 0 Å². The van der Waals surface area contributed by atoms with Gasteiger partial charge in [0, 0.05) is 12.0 Å². The average molecular weight is 233 g/mol. The molecule has 1 aromatic rings. The van der Waals surface area contributed by atoms with Crippen molar-refractivity contribution in [3.8, 4) is 11.8 Å². The van der Waals surface area contributed by atoms with E-state index in [0.29, 0.717) is 6.42 Å². The van der Waals surface area contributed by atoms with Crippen LogP contribution in [-0.4, -0.2) is 18.3 Å². The summed E-state index contributed by atoms with van der Waals surface area (Å²) in [6.45, 7) is 4.85. The van der Waals surface area contributed by atoms with Crippen LogP contribution < -0.4 is 5.73 Å². The molecule has 0 amide bonds. The molecule has 0 spiro atoms. The minimum absolute atomic E-state index is 0.125. The van der Waals surface area contributed by atoms with Gasteiger partial charge in [-0.05, 0) is 37.1 Å². The van der Waals surface area contributed by atoms with Crippen LogP contribution in [0.15, 0.2) is 24.3 Å². The number of nitrogens with two attached hydrogens (primary N) is 1. The Hall–Kier alpha value is -1.30. The number of benzene rings is 1. The Morgan fingerprint density at radius 1 is 1.29 bits per heavy atom. The van der Waals surface area contributed by atoms with E-state index in [1.54, 1.807) is 0 Å². The highest BCUT2D eigenvalue weighted by Gasteiger charge is 1.93. The van der Waals surface area contributed by atoms with Gasteiger partial charge in [0.05, 0.1) is 6.61 Å². The lowest BCUT2D eigenvalue weighted by molar-refractivity contribution is 0.305. The SMILES string of the molecule is CC.NCCCc1cccc(C#CCCO)c1. The molecule has 17 heavy (non-hydrogen) atoms. The van der Waals surface area contributed by atoms with E-state index in [9.17, 15) is 0 Å². The minimum atomic E-state index is 0.125. The third-order valence-corrected chi connectivity index (χ3v) is 2.07. The Kier molecular flexibility index (Phi) is 10.3. The zero-order valence-electron chi connectivity index (χ0n) is 10.9. The van der Waals surface area contributed by atoms with Crippen molar-refractivity contribution in [3.05, 3.63) is 35.4 Å². The first-order valence-corrected chi connectivity index (χ1v) is 6.25. The van der Waals surface area contributed by atoms with Gasteiger partial charge in [-0.3, -0.25) is 0 Å². The molecule has 0 aliphatic carbocycles. The normalized spacial score (nSPS) is 8.71. The summed E-state index contributed by atoms with van der Waals surface area (Å²) in [6.07, 6.45) is 2.55. The molecule has 1 rings (SSSR count). The Labute approximate surface area is 105 Å². The van der Waals surface area contributed by atoms with Crippen molar-refractivity contribution >= 4 is 0 Å². The largest absolute Gasteiger partial charge is 0.395 e. The first kappa shape index (κ1) is 15.7. The van der Waals surface area contributed by atoms with Gasteiger partial charge in [-0.2, -0.15) is 0 Å². The molecule has 1 aromatic carbocycles. The topological polar surface area (TPSA) is 46.2 Å². The predicted octanol–water partition coefficient (Wildman–Crippen LogP) is 2.34. The molecule has 0 bridgehead atoms. The van der Waals surface area contributed by atoms with Crippen molar-refractivity contribution in [3.63, 3.8) is 0 Å². The third-order valence-electron chi connectivity index (χ3n) is 2.07. The molecule has 0 fully saturated rings. The van der Waals surface area contributed by atoms with E-state index in [2.05, 4.69) is 24.0 Å². The van der Waals surface area contributed by atoms with Crippen LogP contribution in [-0.2, 0) is 6.42 Å². The summed E-state index contributed by atoms with van der Waals surface area (Å²) in [7, 11) is 0. The van der Waals surface area contributed by atoms with E-state index < -0.39 is 0 Å². The number of hydrogen-bond acceptors (Lipinski definition) is 2. The van der Waals surface area contributed by atoms with Gasteiger partial charge in [-0.15, -0.1) is 0 Å². The molecule has 0 aliphatic rings. The average Bonchev–Trinajstić information content (AvgIpc) is 2.40. The maximum Gasteiger partial charge on any atom is 0.0540 e. The molecule has 2 heteroatoms. The minimum Gasteiger partial charge on any atom is -0.395 e. The van der Waals surface area contributed by atoms with Crippen LogP contribution >= 0.6 is 0 Å². The fourth-order valence-electron chi connectivity index (χ4n) is 1.33. The number of aliphatic hydroxyl groups is 1. The van der Waals surface area contributed by atoms with Crippen LogP contribution in [0.3, 0.4) is 0 Å². The van der Waals surface area contributed by atoms with Gasteiger partial charge < -0.3 is 10.8 Å². The first-order valence-electron chi connectivity index (χ1n) is 6.25. The van der Waals surface area contributed by atoms with Crippen LogP contribution in [0.5, 0.6) is 0 Å². The third kappa shape index (κ3) is 7.57. The standard InChI is InChI=1S/C13H17NO.C2H6/c14-9-4-8-13-7-3-6-12(11-13)5-1-2-10-15;1-2/h3,6-7,11,15H,2,4,8-10,14H2;1-2H3. The number of aliphatic hydroxyl groups excluding tert-OH is 1. The van der Waals surface area contributed by atoms with Crippen molar-refractivity contribution < 1.29 is 5.11 Å². The van der Waals surface area contributed by atoms with E-state index in [1.165, 1.54) is 5.56 Å². The summed E-state index contributed by atoms with van der Waals surface area (Å²) in [5.41, 5.74) is 7.74. The second-order valence-corrected chi connectivity index (χ2v) is 3.37. The smallest absolute Gasteiger partial charge is 0.0540 e. The molecule has 0 unspecified atom stereocenters. The van der Waals surface area contributed by atoms with Crippen LogP contribution in [0.1, 0.15) is 37.8 Å². The van der Waals surface area contributed by atoms with E-state index in [0.717, 1.165) is 24.9 Å². The highest BCUT2D eigenvalue weighted by atomic mass is 16.2. The summed E-state index contributed by atoms with van der Waals surface area (Å²) in [5.74, 6) is 5.93. The molecule has 0 radical (unpaired) electrons. The second kappa shape index (κ2) is 11.2. The lowest BCUT2D eigenvalue weighted by atomic mass is 10.1. The number of rotatable bonds is 4. The fourth-order valence-corrected chi connectivity index (χ4v) is 1.33. The summed E-state index contributed by atoms with van der Waals surface area (Å²) < 4.78 is 0. The maximum absolute atomic E-state index is 8.60. The van der Waals surface area contributed by atoms with Crippen molar-refractivity contribution in [2.45, 2.75) is 33.1 Å². The van der Waals surface area contributed by atoms with E-state index in [-0.39, 0.29) is 6.61 Å². The predicted molar refractivity (Wildman–Crippen MR) is 73.7 cm³/mol. The van der Waals surface area contributed by atoms with Crippen molar-refractivity contribution in [2.24, 2.45) is 5.73 Å². The van der Waals surface area contributed by atoms with Crippen molar-refractivity contribution in [1.82, 2.24) is 0 Å². The molecule has 0 saturated carbocycles. The molecule has 94 valence electrons. The molecule has 0 atom stereocenters. The van der Waals surface area contributed by atoms with Gasteiger partial charge in [0.25, 0.3) is 0 Å². The van der Waals surface area contributed by atoms with Gasteiger partial charge in [-0.25, -0.2) is 0 Å². The van der Waals surface area contributed by atoms with Gasteiger partial charge in [0.15, 0.2) is 0 Å². The molecule has 3 N–H and O–H groups in total. The molecule has 0 saturated heterocycles. The fraction of sp³-hybridized carbons (Fsp3) is 0.467. The van der Waals surface area contributed by atoms with Crippen LogP contribution in [0.25, 0.3) is 0 Å². The first-order chi connectivity index (χ1) is 8.36. The molecule has 2 nitrogen and oxygen atoms in total. The molecular weight excluding hydrogens is 210 g/mol. The lowest BCUT2D eigenvalue weighted by Gasteiger charge is -1.99. The van der Waals surface area contributed by atoms with E-state index in [1.807, 2.05) is 26.0 Å². The second-order valence-electron chi connectivity index (χ2n) is 3.37. The van der Waals surface area contributed by atoms with E-state index >= 15 is 0 Å². The molecule has 0 aliphatic heterocycles. The molecular formula is C15H23NO. The van der Waals surface area contributed by atoms with Crippen LogP contribution in [0.2, 0.25) is 0 Å². The summed E-state index contributed by atoms with van der Waals surface area (Å²) in [5, 5.41) is 8.60. The Bertz CT molecular complexity index is 349. The highest BCUT2D eigenvalue weighted by molar-refractivity contribution is 5.37. The Balaban J connectivity index is 0.00000121. The molecule has 0 aromatic heterocycles. The Morgan fingerprint density at radius 3 is 2.71 bits per heavy atom. The summed E-state index contributed by atoms with van der Waals surface area (Å²) >= 11 is 0. The van der Waals surface area contributed by atoms with Crippen molar-refractivity contribution in [1.29, 1.82) is 0 Å². The Morgan fingerprint density at radius 2 is 2.06 bits per heavy atom. The van der Waals surface area contributed by atoms with Crippen LogP contribution in [0.4, 0.5) is 0 Å². The zero-order valence-corrected chi connectivity index (χ0v) is 10.9. The van der Waals surface area contributed by atoms with Crippen molar-refractivity contribution in [2.75, 3.05) is 13.2 Å². The number of aryl methyl sites for hydroxylation is 1. The zero-order chi connectivity index (χ0) is 12.9. The van der Waals surface area contributed by atoms with Crippen LogP contribution in [0, 0.1) is 11.8 Å². The monoisotopic (exact) mass is 233 g/mol. The summed E-state index contributed by atoms with van der Waals surface area (Å²) in [4.78, 5) is 0. The quantitative estimate of drug-likeness (QED) is 0.784. The van der Waals surface area contributed by atoms with E-state index in [4.69, 9.17) is 10.8 Å². The number of hydrogen-bond donors (Lipinski definition) is 2. The van der Waals surface area contributed by atoms with Gasteiger partial charge in [0.1, 0.15) is 0 Å². The highest BCUT2D eigenvalue weighted by Crippen LogP contribution is 2.06. The summed E-state index contributed by atoms with van der Waals surface area (Å²) in [6, 6.07) is 8.16. The van der Waals surface area contributed by atoms with Gasteiger partial charge >= 0.3 is 0 Å². The maximum atomic E-state index is 8.60. The lowest BCUT2D eigenvalue weighted by Crippen LogP contribution is -2.00. The molecule has 0 heterocycles.